The highest BCUT2D eigenvalue weighted by Crippen LogP contribution is 2.30. The molecule has 0 aliphatic carbocycles. The second-order valence-electron chi connectivity index (χ2n) is 3.84. The van der Waals surface area contributed by atoms with Gasteiger partial charge in [-0.3, -0.25) is 0 Å². The lowest BCUT2D eigenvalue weighted by molar-refractivity contribution is 0.704. The van der Waals surface area contributed by atoms with Crippen molar-refractivity contribution in [3.8, 4) is 0 Å². The molecule has 0 spiro atoms. The number of thiophene rings is 1. The molecule has 1 atom stereocenters. The maximum absolute atomic E-state index is 6.18. The molecule has 0 amide bonds. The van der Waals surface area contributed by atoms with Crippen molar-refractivity contribution >= 4 is 45.5 Å². The van der Waals surface area contributed by atoms with E-state index in [0.29, 0.717) is 0 Å². The third-order valence-electron chi connectivity index (χ3n) is 2.61. The topological polar surface area (TPSA) is 12.0 Å². The third-order valence-corrected chi connectivity index (χ3v) is 5.25. The van der Waals surface area contributed by atoms with Crippen LogP contribution in [0.15, 0.2) is 30.3 Å². The number of benzene rings is 1. The molecule has 0 saturated carbocycles. The zero-order valence-corrected chi connectivity index (χ0v) is 13.4. The Balaban J connectivity index is 2.38. The predicted octanol–water partition coefficient (Wildman–Crippen LogP) is 4.62. The van der Waals surface area contributed by atoms with Gasteiger partial charge in [0.2, 0.25) is 0 Å². The van der Waals surface area contributed by atoms with Crippen LogP contribution in [0.1, 0.15) is 21.4 Å². The molecule has 0 saturated heterocycles. The number of hydrogen-bond donors (Lipinski definition) is 1. The number of nitrogens with one attached hydrogen (secondary N) is 1. The molecule has 90 valence electrons. The van der Waals surface area contributed by atoms with Crippen molar-refractivity contribution in [3.05, 3.63) is 54.2 Å². The smallest absolute Gasteiger partial charge is 0.0669 e. The van der Waals surface area contributed by atoms with Crippen molar-refractivity contribution in [2.45, 2.75) is 13.0 Å². The first kappa shape index (κ1) is 13.3. The Morgan fingerprint density at radius 2 is 2.06 bits per heavy atom. The number of aryl methyl sites for hydroxylation is 1. The summed E-state index contributed by atoms with van der Waals surface area (Å²) in [4.78, 5) is 2.65. The predicted molar refractivity (Wildman–Crippen MR) is 84.1 cm³/mol. The lowest BCUT2D eigenvalue weighted by atomic mass is 10.1. The lowest BCUT2D eigenvalue weighted by Gasteiger charge is -2.15. The van der Waals surface area contributed by atoms with Crippen LogP contribution < -0.4 is 5.32 Å². The molecule has 1 heterocycles. The van der Waals surface area contributed by atoms with E-state index >= 15 is 0 Å². The summed E-state index contributed by atoms with van der Waals surface area (Å²) in [7, 11) is 1.98. The molecule has 4 heteroatoms. The molecule has 2 rings (SSSR count). The number of rotatable bonds is 3. The molecule has 17 heavy (non-hydrogen) atoms. The van der Waals surface area contributed by atoms with E-state index in [4.69, 9.17) is 11.6 Å². The van der Waals surface area contributed by atoms with E-state index in [9.17, 15) is 0 Å². The minimum absolute atomic E-state index is 0.225. The number of halogens is 2. The minimum atomic E-state index is 0.225. The van der Waals surface area contributed by atoms with Crippen LogP contribution in [0.25, 0.3) is 0 Å². The molecule has 1 N–H and O–H groups in total. The Labute approximate surface area is 124 Å². The summed E-state index contributed by atoms with van der Waals surface area (Å²) in [5.41, 5.74) is 1.21. The van der Waals surface area contributed by atoms with E-state index in [1.165, 1.54) is 15.3 Å². The van der Waals surface area contributed by atoms with Crippen molar-refractivity contribution in [2.75, 3.05) is 7.05 Å². The second kappa shape index (κ2) is 5.69. The Morgan fingerprint density at radius 1 is 1.29 bits per heavy atom. The van der Waals surface area contributed by atoms with E-state index in [1.807, 2.05) is 24.5 Å². The maximum atomic E-state index is 6.18. The van der Waals surface area contributed by atoms with Crippen LogP contribution in [0.4, 0.5) is 0 Å². The van der Waals surface area contributed by atoms with Crippen molar-refractivity contribution in [2.24, 2.45) is 0 Å². The summed E-state index contributed by atoms with van der Waals surface area (Å²) >= 11 is 10.2. The fraction of sp³-hybridized carbons (Fsp3) is 0.231. The van der Waals surface area contributed by atoms with Gasteiger partial charge < -0.3 is 5.32 Å². The highest BCUT2D eigenvalue weighted by Gasteiger charge is 2.14. The van der Waals surface area contributed by atoms with Gasteiger partial charge in [-0.2, -0.15) is 0 Å². The van der Waals surface area contributed by atoms with Crippen LogP contribution in [0.3, 0.4) is 0 Å². The molecule has 0 aliphatic heterocycles. The summed E-state index contributed by atoms with van der Waals surface area (Å²) in [6.07, 6.45) is 0. The van der Waals surface area contributed by atoms with E-state index in [-0.39, 0.29) is 6.04 Å². The third kappa shape index (κ3) is 3.02. The maximum Gasteiger partial charge on any atom is 0.0669 e. The van der Waals surface area contributed by atoms with Gasteiger partial charge in [0.15, 0.2) is 0 Å². The van der Waals surface area contributed by atoms with Gasteiger partial charge in [-0.25, -0.2) is 0 Å². The highest BCUT2D eigenvalue weighted by molar-refractivity contribution is 14.1. The van der Waals surface area contributed by atoms with E-state index in [1.54, 1.807) is 0 Å². The average Bonchev–Trinajstić information content (AvgIpc) is 2.71. The second-order valence-corrected chi connectivity index (χ2v) is 6.73. The lowest BCUT2D eigenvalue weighted by Crippen LogP contribution is -2.16. The van der Waals surface area contributed by atoms with Crippen molar-refractivity contribution < 1.29 is 0 Å². The van der Waals surface area contributed by atoms with Gasteiger partial charge >= 0.3 is 0 Å². The van der Waals surface area contributed by atoms with Gasteiger partial charge in [-0.1, -0.05) is 17.7 Å². The molecular weight excluding hydrogens is 365 g/mol. The van der Waals surface area contributed by atoms with Crippen LogP contribution in [0.2, 0.25) is 5.02 Å². The SMILES string of the molecule is CNC(c1ccc(I)c(Cl)c1)c1ccc(C)s1. The first-order valence-corrected chi connectivity index (χ1v) is 7.57. The Bertz CT molecular complexity index is 524. The molecule has 0 bridgehead atoms. The Kier molecular flexibility index (Phi) is 4.47. The average molecular weight is 378 g/mol. The van der Waals surface area contributed by atoms with E-state index in [2.05, 4.69) is 59.1 Å². The molecule has 0 fully saturated rings. The summed E-state index contributed by atoms with van der Waals surface area (Å²) < 4.78 is 1.09. The molecule has 1 aromatic heterocycles. The molecule has 1 nitrogen and oxygen atoms in total. The van der Waals surface area contributed by atoms with Crippen LogP contribution in [-0.4, -0.2) is 7.05 Å². The summed E-state index contributed by atoms with van der Waals surface area (Å²) in [6.45, 7) is 2.13. The fourth-order valence-electron chi connectivity index (χ4n) is 1.77. The summed E-state index contributed by atoms with van der Waals surface area (Å²) in [6, 6.07) is 10.8. The first-order chi connectivity index (χ1) is 8.11. The molecule has 2 aromatic rings. The zero-order valence-electron chi connectivity index (χ0n) is 9.63. The van der Waals surface area contributed by atoms with E-state index < -0.39 is 0 Å². The fourth-order valence-corrected chi connectivity index (χ4v) is 3.31. The van der Waals surface area contributed by atoms with Crippen LogP contribution in [0, 0.1) is 10.5 Å². The quantitative estimate of drug-likeness (QED) is 0.769. The van der Waals surface area contributed by atoms with Crippen molar-refractivity contribution in [1.82, 2.24) is 5.32 Å². The normalized spacial score (nSPS) is 12.7. The summed E-state index contributed by atoms with van der Waals surface area (Å²) in [5.74, 6) is 0. The van der Waals surface area contributed by atoms with Gasteiger partial charge in [0, 0.05) is 13.3 Å². The molecular formula is C13H13ClINS. The van der Waals surface area contributed by atoms with Gasteiger partial charge in [-0.05, 0) is 66.4 Å². The van der Waals surface area contributed by atoms with Gasteiger partial charge in [0.25, 0.3) is 0 Å². The molecule has 0 radical (unpaired) electrons. The standard InChI is InChI=1S/C13H13ClINS/c1-8-3-6-12(17-8)13(16-2)9-4-5-11(15)10(14)7-9/h3-7,13,16H,1-2H3. The van der Waals surface area contributed by atoms with Crippen molar-refractivity contribution in [1.29, 1.82) is 0 Å². The highest BCUT2D eigenvalue weighted by atomic mass is 127. The zero-order chi connectivity index (χ0) is 12.4. The molecule has 0 aliphatic rings. The van der Waals surface area contributed by atoms with Crippen LogP contribution >= 0.6 is 45.5 Å². The van der Waals surface area contributed by atoms with Crippen LogP contribution in [-0.2, 0) is 0 Å². The van der Waals surface area contributed by atoms with Gasteiger partial charge in [0.05, 0.1) is 11.1 Å². The monoisotopic (exact) mass is 377 g/mol. The Hall–Kier alpha value is -0.100. The molecule has 1 unspecified atom stereocenters. The minimum Gasteiger partial charge on any atom is -0.309 e. The van der Waals surface area contributed by atoms with Gasteiger partial charge in [0.1, 0.15) is 0 Å². The van der Waals surface area contributed by atoms with E-state index in [0.717, 1.165) is 8.59 Å². The van der Waals surface area contributed by atoms with Gasteiger partial charge in [-0.15, -0.1) is 11.3 Å². The summed E-state index contributed by atoms with van der Waals surface area (Å²) in [5, 5.41) is 4.16. The number of hydrogen-bond acceptors (Lipinski definition) is 2. The van der Waals surface area contributed by atoms with Crippen molar-refractivity contribution in [3.63, 3.8) is 0 Å². The Morgan fingerprint density at radius 3 is 2.59 bits per heavy atom. The molecule has 1 aromatic carbocycles. The largest absolute Gasteiger partial charge is 0.309 e. The first-order valence-electron chi connectivity index (χ1n) is 5.30. The van der Waals surface area contributed by atoms with Crippen LogP contribution in [0.5, 0.6) is 0 Å².